The van der Waals surface area contributed by atoms with Crippen LogP contribution in [0.15, 0.2) is 38.7 Å². The summed E-state index contributed by atoms with van der Waals surface area (Å²) in [5.74, 6) is 0. The zero-order valence-corrected chi connectivity index (χ0v) is 14.6. The van der Waals surface area contributed by atoms with Gasteiger partial charge in [-0.1, -0.05) is 24.6 Å². The molecule has 0 radical (unpaired) electrons. The molecular formula is C15H20N4O2S2. The fourth-order valence-corrected chi connectivity index (χ4v) is 4.84. The number of amidine groups is 1. The smallest absolute Gasteiger partial charge is 0.284 e. The van der Waals surface area contributed by atoms with E-state index in [2.05, 4.69) is 9.50 Å². The molecule has 1 aliphatic carbocycles. The van der Waals surface area contributed by atoms with Crippen molar-refractivity contribution in [1.82, 2.24) is 5.01 Å². The number of hydrazone groups is 1. The van der Waals surface area contributed by atoms with Crippen LogP contribution in [0.4, 0.5) is 5.69 Å². The van der Waals surface area contributed by atoms with Crippen LogP contribution < -0.4 is 5.73 Å². The number of sulfonamides is 1. The van der Waals surface area contributed by atoms with E-state index in [4.69, 9.17) is 5.73 Å². The highest BCUT2D eigenvalue weighted by atomic mass is 32.2. The van der Waals surface area contributed by atoms with Crippen molar-refractivity contribution in [1.29, 1.82) is 0 Å². The predicted octanol–water partition coefficient (Wildman–Crippen LogP) is 2.54. The number of nitrogen functional groups attached to an aromatic ring is 1. The minimum absolute atomic E-state index is 0.0987. The molecule has 23 heavy (non-hydrogen) atoms. The van der Waals surface area contributed by atoms with Crippen molar-refractivity contribution in [3.63, 3.8) is 0 Å². The second-order valence-electron chi connectivity index (χ2n) is 5.99. The van der Waals surface area contributed by atoms with E-state index in [9.17, 15) is 8.42 Å². The maximum atomic E-state index is 12.5. The summed E-state index contributed by atoms with van der Waals surface area (Å²) in [5.41, 5.74) is 6.22. The van der Waals surface area contributed by atoms with Gasteiger partial charge in [-0.25, -0.2) is 5.01 Å². The van der Waals surface area contributed by atoms with Crippen molar-refractivity contribution < 1.29 is 8.42 Å². The Labute approximate surface area is 140 Å². The van der Waals surface area contributed by atoms with Crippen molar-refractivity contribution in [2.45, 2.75) is 30.6 Å². The first-order valence-electron chi connectivity index (χ1n) is 7.51. The summed E-state index contributed by atoms with van der Waals surface area (Å²) >= 11 is 1.29. The van der Waals surface area contributed by atoms with Gasteiger partial charge >= 0.3 is 0 Å². The molecule has 0 saturated heterocycles. The van der Waals surface area contributed by atoms with Gasteiger partial charge in [-0.2, -0.15) is 13.5 Å². The molecule has 1 aliphatic heterocycles. The molecule has 1 saturated carbocycles. The van der Waals surface area contributed by atoms with Crippen LogP contribution >= 0.6 is 11.8 Å². The van der Waals surface area contributed by atoms with E-state index in [-0.39, 0.29) is 10.3 Å². The molecule has 2 aliphatic rings. The van der Waals surface area contributed by atoms with Crippen molar-refractivity contribution >= 4 is 38.9 Å². The van der Waals surface area contributed by atoms with Crippen LogP contribution in [0.3, 0.4) is 0 Å². The molecule has 1 heterocycles. The quantitative estimate of drug-likeness (QED) is 0.502. The fraction of sp³-hybridized carbons (Fsp3) is 0.467. The lowest BCUT2D eigenvalue weighted by Crippen LogP contribution is -2.30. The van der Waals surface area contributed by atoms with E-state index in [0.29, 0.717) is 17.4 Å². The molecule has 0 unspecified atom stereocenters. The van der Waals surface area contributed by atoms with E-state index < -0.39 is 10.0 Å². The topological polar surface area (TPSA) is 88.1 Å². The van der Waals surface area contributed by atoms with Gasteiger partial charge in [0, 0.05) is 17.3 Å². The Bertz CT molecular complexity index is 735. The van der Waals surface area contributed by atoms with E-state index in [1.807, 2.05) is 12.5 Å². The van der Waals surface area contributed by atoms with Gasteiger partial charge in [0.05, 0.1) is 11.4 Å². The van der Waals surface area contributed by atoms with E-state index >= 15 is 0 Å². The Hall–Kier alpha value is -1.54. The summed E-state index contributed by atoms with van der Waals surface area (Å²) in [7, 11) is -3.76. The summed E-state index contributed by atoms with van der Waals surface area (Å²) in [5, 5.41) is 6.52. The number of hydrogen-bond acceptors (Lipinski definition) is 5. The molecule has 0 atom stereocenters. The Morgan fingerprint density at radius 3 is 2.57 bits per heavy atom. The number of anilines is 1. The normalized spacial score (nSPS) is 20.6. The average Bonchev–Trinajstić information content (AvgIpc) is 3.16. The zero-order chi connectivity index (χ0) is 16.5. The van der Waals surface area contributed by atoms with Crippen LogP contribution in [0.5, 0.6) is 0 Å². The highest BCUT2D eigenvalue weighted by Gasteiger charge is 2.39. The van der Waals surface area contributed by atoms with Crippen molar-refractivity contribution in [2.75, 3.05) is 18.5 Å². The number of benzene rings is 1. The molecule has 1 aromatic rings. The molecule has 1 aromatic carbocycles. The standard InChI is InChI=1S/C15H20N4O2S2/c1-22-14(19-11-15(10-17-19)8-2-3-9-15)18-23(20,21)13-6-4-12(16)5-7-13/h4-7,10H,2-3,8-9,11,16H2,1H3/b18-14+. The molecule has 1 fully saturated rings. The second kappa shape index (κ2) is 6.16. The largest absolute Gasteiger partial charge is 0.399 e. The first-order chi connectivity index (χ1) is 10.9. The minimum Gasteiger partial charge on any atom is -0.399 e. The van der Waals surface area contributed by atoms with Crippen molar-refractivity contribution in [3.05, 3.63) is 24.3 Å². The molecule has 0 amide bonds. The first-order valence-corrected chi connectivity index (χ1v) is 10.2. The van der Waals surface area contributed by atoms with Gasteiger partial charge in [0.25, 0.3) is 10.0 Å². The Kier molecular flexibility index (Phi) is 4.37. The van der Waals surface area contributed by atoms with Crippen LogP contribution in [-0.4, -0.2) is 37.6 Å². The summed E-state index contributed by atoms with van der Waals surface area (Å²) in [6.45, 7) is 0.712. The molecule has 8 heteroatoms. The van der Waals surface area contributed by atoms with E-state index in [1.54, 1.807) is 17.1 Å². The summed E-state index contributed by atoms with van der Waals surface area (Å²) in [6.07, 6.45) is 8.41. The fourth-order valence-electron chi connectivity index (χ4n) is 3.04. The highest BCUT2D eigenvalue weighted by molar-refractivity contribution is 8.13. The third-order valence-electron chi connectivity index (χ3n) is 4.31. The van der Waals surface area contributed by atoms with Gasteiger partial charge in [0.2, 0.25) is 0 Å². The van der Waals surface area contributed by atoms with E-state index in [0.717, 1.165) is 12.8 Å². The monoisotopic (exact) mass is 352 g/mol. The number of nitrogens with zero attached hydrogens (tertiary/aromatic N) is 3. The van der Waals surface area contributed by atoms with Crippen LogP contribution in [0.1, 0.15) is 25.7 Å². The molecule has 3 rings (SSSR count). The van der Waals surface area contributed by atoms with Crippen molar-refractivity contribution in [3.8, 4) is 0 Å². The van der Waals surface area contributed by atoms with Gasteiger partial charge in [0.1, 0.15) is 0 Å². The van der Waals surface area contributed by atoms with Gasteiger partial charge in [0.15, 0.2) is 5.17 Å². The number of nitrogens with two attached hydrogens (primary N) is 1. The molecule has 6 nitrogen and oxygen atoms in total. The highest BCUT2D eigenvalue weighted by Crippen LogP contribution is 2.40. The van der Waals surface area contributed by atoms with Crippen LogP contribution in [0.2, 0.25) is 0 Å². The summed E-state index contributed by atoms with van der Waals surface area (Å²) < 4.78 is 28.9. The maximum absolute atomic E-state index is 12.5. The summed E-state index contributed by atoms with van der Waals surface area (Å²) in [4.78, 5) is 0.136. The van der Waals surface area contributed by atoms with Gasteiger partial charge in [-0.15, -0.1) is 4.40 Å². The second-order valence-corrected chi connectivity index (χ2v) is 8.37. The van der Waals surface area contributed by atoms with E-state index in [1.165, 1.54) is 36.7 Å². The molecular weight excluding hydrogens is 332 g/mol. The van der Waals surface area contributed by atoms with Crippen LogP contribution in [0.25, 0.3) is 0 Å². The molecule has 1 spiro atoms. The number of rotatable bonds is 2. The number of thioether (sulfide) groups is 1. The Morgan fingerprint density at radius 1 is 1.30 bits per heavy atom. The third-order valence-corrected chi connectivity index (χ3v) is 6.38. The van der Waals surface area contributed by atoms with Crippen LogP contribution in [0, 0.1) is 5.41 Å². The SMILES string of the molecule is CS/C(=N/S(=O)(=O)c1ccc(N)cc1)N1CC2(C=N1)CCCC2. The summed E-state index contributed by atoms with van der Waals surface area (Å²) in [6, 6.07) is 6.06. The lowest BCUT2D eigenvalue weighted by atomic mass is 9.89. The molecule has 0 aromatic heterocycles. The Morgan fingerprint density at radius 2 is 1.96 bits per heavy atom. The predicted molar refractivity (Wildman–Crippen MR) is 95.1 cm³/mol. The van der Waals surface area contributed by atoms with Gasteiger partial charge in [-0.3, -0.25) is 0 Å². The van der Waals surface area contributed by atoms with Crippen molar-refractivity contribution in [2.24, 2.45) is 14.9 Å². The zero-order valence-electron chi connectivity index (χ0n) is 13.0. The average molecular weight is 352 g/mol. The third kappa shape index (κ3) is 3.37. The lowest BCUT2D eigenvalue weighted by molar-refractivity contribution is 0.352. The van der Waals surface area contributed by atoms with Crippen LogP contribution in [-0.2, 0) is 10.0 Å². The Balaban J connectivity index is 1.84. The molecule has 124 valence electrons. The number of hydrogen-bond donors (Lipinski definition) is 1. The maximum Gasteiger partial charge on any atom is 0.284 e. The minimum atomic E-state index is -3.76. The first kappa shape index (κ1) is 16.3. The van der Waals surface area contributed by atoms with Gasteiger partial charge in [-0.05, 0) is 43.4 Å². The lowest BCUT2D eigenvalue weighted by Gasteiger charge is -2.22. The molecule has 2 N–H and O–H groups in total. The molecule has 0 bridgehead atoms. The van der Waals surface area contributed by atoms with Gasteiger partial charge < -0.3 is 5.73 Å².